The van der Waals surface area contributed by atoms with E-state index in [1.165, 1.54) is 40.1 Å². The largest absolute Gasteiger partial charge is 0.467 e. The number of carbonyl (C=O) groups is 2. The second-order valence-corrected chi connectivity index (χ2v) is 9.84. The van der Waals surface area contributed by atoms with Gasteiger partial charge in [-0.25, -0.2) is 0 Å². The van der Waals surface area contributed by atoms with E-state index >= 15 is 0 Å². The van der Waals surface area contributed by atoms with Crippen molar-refractivity contribution in [3.63, 3.8) is 0 Å². The highest BCUT2D eigenvalue weighted by Gasteiger charge is 2.41. The number of hydrogen-bond acceptors (Lipinski definition) is 6. The Labute approximate surface area is 183 Å². The summed E-state index contributed by atoms with van der Waals surface area (Å²) in [5.74, 6) is -0.442. The van der Waals surface area contributed by atoms with Crippen molar-refractivity contribution in [2.24, 2.45) is 0 Å². The monoisotopic (exact) mass is 496 g/mol. The molecule has 0 spiro atoms. The molecule has 3 rings (SSSR count). The maximum Gasteiger partial charge on any atom is 0.339 e. The smallest absolute Gasteiger partial charge is 0.339 e. The minimum Gasteiger partial charge on any atom is -0.467 e. The van der Waals surface area contributed by atoms with Gasteiger partial charge in [-0.3, -0.25) is 14.5 Å². The van der Waals surface area contributed by atoms with Crippen molar-refractivity contribution in [1.29, 1.82) is 0 Å². The van der Waals surface area contributed by atoms with Gasteiger partial charge in [-0.15, -0.1) is 0 Å². The van der Waals surface area contributed by atoms with E-state index in [0.29, 0.717) is 0 Å². The van der Waals surface area contributed by atoms with Gasteiger partial charge in [0.1, 0.15) is 22.9 Å². The molecular formula is C20H21BrN2O6S. The number of ether oxygens (including phenoxy) is 1. The Hall–Kier alpha value is -2.59. The summed E-state index contributed by atoms with van der Waals surface area (Å²) >= 11 is 3.25. The summed E-state index contributed by atoms with van der Waals surface area (Å²) in [6.45, 7) is 3.17. The topological polar surface area (TPSA) is 93.2 Å². The van der Waals surface area contributed by atoms with Crippen molar-refractivity contribution >= 4 is 37.9 Å². The van der Waals surface area contributed by atoms with E-state index in [1.807, 2.05) is 0 Å². The van der Waals surface area contributed by atoms with Gasteiger partial charge in [0.05, 0.1) is 5.56 Å². The molecule has 160 valence electrons. The molecule has 0 aromatic heterocycles. The molecule has 0 bridgehead atoms. The van der Waals surface area contributed by atoms with Crippen molar-refractivity contribution in [2.75, 3.05) is 20.6 Å². The number of hydrogen-bond donors (Lipinski definition) is 0. The predicted molar refractivity (Wildman–Crippen MR) is 113 cm³/mol. The number of nitrogens with zero attached hydrogens (tertiary/aromatic N) is 2. The quantitative estimate of drug-likeness (QED) is 0.590. The third-order valence-electron chi connectivity index (χ3n) is 4.54. The van der Waals surface area contributed by atoms with Gasteiger partial charge in [-0.1, -0.05) is 15.9 Å². The fraction of sp³-hybridized carbons (Fsp3) is 0.300. The zero-order valence-electron chi connectivity index (χ0n) is 16.9. The van der Waals surface area contributed by atoms with Crippen molar-refractivity contribution in [3.8, 4) is 11.5 Å². The van der Waals surface area contributed by atoms with Gasteiger partial charge in [0, 0.05) is 24.6 Å². The number of halogens is 1. The summed E-state index contributed by atoms with van der Waals surface area (Å²) in [6.07, 6.45) is 0. The van der Waals surface area contributed by atoms with Crippen molar-refractivity contribution < 1.29 is 26.9 Å². The van der Waals surface area contributed by atoms with Gasteiger partial charge >= 0.3 is 10.1 Å². The van der Waals surface area contributed by atoms with E-state index in [2.05, 4.69) is 15.9 Å². The molecule has 1 heterocycles. The van der Waals surface area contributed by atoms with Gasteiger partial charge in [-0.05, 0) is 50.2 Å². The average Bonchev–Trinajstić information content (AvgIpc) is 2.64. The van der Waals surface area contributed by atoms with Crippen LogP contribution in [0.5, 0.6) is 11.5 Å². The lowest BCUT2D eigenvalue weighted by Gasteiger charge is -2.42. The second-order valence-electron chi connectivity index (χ2n) is 7.38. The molecule has 0 saturated heterocycles. The molecule has 1 aliphatic heterocycles. The zero-order valence-corrected chi connectivity index (χ0v) is 19.3. The third kappa shape index (κ3) is 4.44. The van der Waals surface area contributed by atoms with E-state index in [-0.39, 0.29) is 34.4 Å². The summed E-state index contributed by atoms with van der Waals surface area (Å²) < 4.78 is 36.9. The highest BCUT2D eigenvalue weighted by atomic mass is 79.9. The molecule has 2 aromatic carbocycles. The Balaban J connectivity index is 1.89. The maximum atomic E-state index is 13.0. The maximum absolute atomic E-state index is 13.0. The number of carbonyl (C=O) groups excluding carboxylic acids is 2. The van der Waals surface area contributed by atoms with Gasteiger partial charge in [0.2, 0.25) is 5.91 Å². The van der Waals surface area contributed by atoms with Crippen molar-refractivity contribution in [1.82, 2.24) is 9.80 Å². The van der Waals surface area contributed by atoms with Gasteiger partial charge in [0.15, 0.2) is 5.72 Å². The SMILES string of the molecule is CN(C)C(=O)CN1C(=O)c2ccc(OS(=O)(=O)c3ccc(Br)cc3)cc2OC1(C)C. The lowest BCUT2D eigenvalue weighted by Crippen LogP contribution is -2.57. The summed E-state index contributed by atoms with van der Waals surface area (Å²) in [4.78, 5) is 27.8. The first-order valence-electron chi connectivity index (χ1n) is 8.96. The van der Waals surface area contributed by atoms with E-state index < -0.39 is 21.8 Å². The molecule has 0 aliphatic carbocycles. The van der Waals surface area contributed by atoms with Gasteiger partial charge in [-0.2, -0.15) is 8.42 Å². The molecule has 0 N–H and O–H groups in total. The van der Waals surface area contributed by atoms with E-state index in [9.17, 15) is 18.0 Å². The van der Waals surface area contributed by atoms with Crippen LogP contribution < -0.4 is 8.92 Å². The molecule has 1 aliphatic rings. The Kier molecular flexibility index (Phi) is 5.83. The van der Waals surface area contributed by atoms with Crippen LogP contribution in [-0.4, -0.2) is 56.4 Å². The number of rotatable bonds is 5. The molecule has 30 heavy (non-hydrogen) atoms. The molecule has 10 heteroatoms. The first-order chi connectivity index (χ1) is 13.9. The van der Waals surface area contributed by atoms with Crippen LogP contribution in [0.2, 0.25) is 0 Å². The van der Waals surface area contributed by atoms with Crippen LogP contribution in [0.4, 0.5) is 0 Å². The van der Waals surface area contributed by atoms with Crippen LogP contribution in [-0.2, 0) is 14.9 Å². The summed E-state index contributed by atoms with van der Waals surface area (Å²) in [5, 5.41) is 0. The van der Waals surface area contributed by atoms with E-state index in [4.69, 9.17) is 8.92 Å². The Morgan fingerprint density at radius 1 is 1.17 bits per heavy atom. The normalized spacial score (nSPS) is 15.2. The highest BCUT2D eigenvalue weighted by Crippen LogP contribution is 2.36. The Morgan fingerprint density at radius 3 is 2.40 bits per heavy atom. The van der Waals surface area contributed by atoms with Crippen molar-refractivity contribution in [3.05, 3.63) is 52.5 Å². The molecular weight excluding hydrogens is 476 g/mol. The summed E-state index contributed by atoms with van der Waals surface area (Å²) in [7, 11) is -0.847. The Bertz CT molecular complexity index is 1100. The van der Waals surface area contributed by atoms with Crippen molar-refractivity contribution in [2.45, 2.75) is 24.5 Å². The molecule has 0 atom stereocenters. The minimum absolute atomic E-state index is 0.00545. The van der Waals surface area contributed by atoms with Crippen LogP contribution in [0, 0.1) is 0 Å². The zero-order chi connectivity index (χ0) is 22.3. The van der Waals surface area contributed by atoms with E-state index in [0.717, 1.165) is 4.47 Å². The lowest BCUT2D eigenvalue weighted by atomic mass is 10.1. The first kappa shape index (κ1) is 22.1. The van der Waals surface area contributed by atoms with Crippen LogP contribution in [0.25, 0.3) is 0 Å². The van der Waals surface area contributed by atoms with Crippen LogP contribution in [0.1, 0.15) is 24.2 Å². The standard InChI is InChI=1S/C20H21BrN2O6S/c1-20(2)23(12-18(24)22(3)4)19(25)16-10-7-14(11-17(16)28-20)29-30(26,27)15-8-5-13(21)6-9-15/h5-11H,12H2,1-4H3. The number of amides is 2. The van der Waals surface area contributed by atoms with Crippen LogP contribution in [0.3, 0.4) is 0 Å². The molecule has 2 aromatic rings. The minimum atomic E-state index is -4.06. The Morgan fingerprint density at radius 2 is 1.80 bits per heavy atom. The summed E-state index contributed by atoms with van der Waals surface area (Å²) in [6, 6.07) is 10.2. The molecule has 0 saturated carbocycles. The van der Waals surface area contributed by atoms with Crippen LogP contribution >= 0.6 is 15.9 Å². The van der Waals surface area contributed by atoms with Gasteiger partial charge in [0.25, 0.3) is 5.91 Å². The second kappa shape index (κ2) is 7.92. The molecule has 0 fully saturated rings. The summed E-state index contributed by atoms with van der Waals surface area (Å²) in [5.41, 5.74) is -0.895. The predicted octanol–water partition coefficient (Wildman–Crippen LogP) is 2.88. The highest BCUT2D eigenvalue weighted by molar-refractivity contribution is 9.10. The van der Waals surface area contributed by atoms with E-state index in [1.54, 1.807) is 40.1 Å². The fourth-order valence-electron chi connectivity index (χ4n) is 2.84. The lowest BCUT2D eigenvalue weighted by molar-refractivity contribution is -0.134. The fourth-order valence-corrected chi connectivity index (χ4v) is 4.03. The molecule has 0 radical (unpaired) electrons. The first-order valence-corrected chi connectivity index (χ1v) is 11.2. The number of benzene rings is 2. The van der Waals surface area contributed by atoms with Crippen LogP contribution in [0.15, 0.2) is 51.8 Å². The molecule has 0 unspecified atom stereocenters. The average molecular weight is 497 g/mol. The molecule has 8 nitrogen and oxygen atoms in total. The molecule has 2 amide bonds. The number of fused-ring (bicyclic) bond motifs is 1. The number of likely N-dealkylation sites (N-methyl/N-ethyl adjacent to an activating group) is 1. The third-order valence-corrected chi connectivity index (χ3v) is 6.33. The van der Waals surface area contributed by atoms with Gasteiger partial charge < -0.3 is 13.8 Å².